The number of halogens is 1. The van der Waals surface area contributed by atoms with E-state index >= 15 is 0 Å². The lowest BCUT2D eigenvalue weighted by molar-refractivity contribution is -0.130. The first-order valence-corrected chi connectivity index (χ1v) is 10.5. The van der Waals surface area contributed by atoms with Gasteiger partial charge in [0.1, 0.15) is 0 Å². The second-order valence-corrected chi connectivity index (χ2v) is 9.00. The molecular weight excluding hydrogens is 360 g/mol. The first-order chi connectivity index (χ1) is 11.6. The van der Waals surface area contributed by atoms with Crippen LogP contribution in [0.3, 0.4) is 0 Å². The normalized spacial score (nSPS) is 17.8. The number of rotatable bonds is 6. The molecule has 6 heteroatoms. The fourth-order valence-electron chi connectivity index (χ4n) is 3.09. The molecule has 0 bridgehead atoms. The van der Waals surface area contributed by atoms with Crippen molar-refractivity contribution in [2.24, 2.45) is 5.92 Å². The molecule has 1 fully saturated rings. The molecule has 2 aromatic rings. The summed E-state index contributed by atoms with van der Waals surface area (Å²) in [6.07, 6.45) is 2.71. The Labute approximate surface area is 156 Å². The lowest BCUT2D eigenvalue weighted by Crippen LogP contribution is -2.29. The minimum atomic E-state index is 0.310. The molecule has 1 unspecified atom stereocenters. The smallest absolute Gasteiger partial charge is 0.222 e. The molecule has 2 heterocycles. The van der Waals surface area contributed by atoms with E-state index in [1.54, 1.807) is 23.3 Å². The maximum Gasteiger partial charge on any atom is 0.222 e. The van der Waals surface area contributed by atoms with Crippen LogP contribution in [0.5, 0.6) is 0 Å². The van der Waals surface area contributed by atoms with Gasteiger partial charge in [-0.25, -0.2) is 0 Å². The number of nitrogens with zero attached hydrogens (tertiary/aromatic N) is 1. The quantitative estimate of drug-likeness (QED) is 0.704. The van der Waals surface area contributed by atoms with E-state index in [1.807, 2.05) is 17.0 Å². The third-order valence-electron chi connectivity index (χ3n) is 4.49. The third kappa shape index (κ3) is 4.07. The number of aryl methyl sites for hydroxylation is 1. The molecule has 1 saturated heterocycles. The molecule has 0 aliphatic carbocycles. The maximum absolute atomic E-state index is 11.9. The third-order valence-corrected chi connectivity index (χ3v) is 7.10. The Hall–Kier alpha value is -0.750. The van der Waals surface area contributed by atoms with Crippen LogP contribution >= 0.6 is 34.9 Å². The van der Waals surface area contributed by atoms with Gasteiger partial charge >= 0.3 is 0 Å². The van der Waals surface area contributed by atoms with E-state index in [0.29, 0.717) is 18.2 Å². The van der Waals surface area contributed by atoms with Crippen LogP contribution in [0, 0.1) is 12.8 Å². The Morgan fingerprint density at radius 1 is 1.50 bits per heavy atom. The number of likely N-dealkylation sites (tertiary alicyclic amines) is 1. The Morgan fingerprint density at radius 2 is 2.33 bits per heavy atom. The van der Waals surface area contributed by atoms with Crippen LogP contribution in [0.25, 0.3) is 10.1 Å². The van der Waals surface area contributed by atoms with Crippen LogP contribution in [0.2, 0.25) is 5.02 Å². The van der Waals surface area contributed by atoms with Crippen molar-refractivity contribution in [1.29, 1.82) is 0 Å². The molecule has 1 aromatic carbocycles. The van der Waals surface area contributed by atoms with Crippen LogP contribution < -0.4 is 4.72 Å². The van der Waals surface area contributed by atoms with E-state index in [0.717, 1.165) is 37.5 Å². The van der Waals surface area contributed by atoms with Crippen molar-refractivity contribution in [2.45, 2.75) is 37.3 Å². The molecule has 1 aromatic heterocycles. The number of thiophene rings is 1. The Kier molecular flexibility index (Phi) is 6.08. The summed E-state index contributed by atoms with van der Waals surface area (Å²) in [7, 11) is 0. The van der Waals surface area contributed by atoms with Gasteiger partial charge in [-0.3, -0.25) is 9.52 Å². The van der Waals surface area contributed by atoms with E-state index in [4.69, 9.17) is 11.6 Å². The summed E-state index contributed by atoms with van der Waals surface area (Å²) in [6, 6.07) is 6.08. The molecule has 3 rings (SSSR count). The molecule has 24 heavy (non-hydrogen) atoms. The van der Waals surface area contributed by atoms with Crippen LogP contribution in [-0.2, 0) is 4.79 Å². The second kappa shape index (κ2) is 8.09. The average Bonchev–Trinajstić information content (AvgIpc) is 3.14. The average molecular weight is 383 g/mol. The molecule has 3 nitrogen and oxygen atoms in total. The highest BCUT2D eigenvalue weighted by Gasteiger charge is 2.25. The van der Waals surface area contributed by atoms with E-state index in [9.17, 15) is 4.79 Å². The van der Waals surface area contributed by atoms with Crippen molar-refractivity contribution in [3.63, 3.8) is 0 Å². The Bertz CT molecular complexity index is 731. The number of fused-ring (bicyclic) bond motifs is 1. The molecule has 0 radical (unpaired) electrons. The minimum Gasteiger partial charge on any atom is -0.342 e. The van der Waals surface area contributed by atoms with Gasteiger partial charge in [0, 0.05) is 35.8 Å². The molecule has 1 aliphatic rings. The number of benzene rings is 1. The Balaban J connectivity index is 1.52. The first-order valence-electron chi connectivity index (χ1n) is 8.44. The van der Waals surface area contributed by atoms with Crippen LogP contribution in [0.1, 0.15) is 31.7 Å². The standard InChI is InChI=1S/C18H23ClN2OS2/c1-3-4-17(22)21-8-7-13(11-21)10-20-24-18-12(2)15-9-14(19)5-6-16(15)23-18/h5-6,9,13,20H,3-4,7-8,10-11H2,1-2H3. The fourth-order valence-corrected chi connectivity index (χ4v) is 5.51. The van der Waals surface area contributed by atoms with Gasteiger partial charge in [0.2, 0.25) is 5.91 Å². The van der Waals surface area contributed by atoms with Crippen molar-refractivity contribution < 1.29 is 4.79 Å². The van der Waals surface area contributed by atoms with Gasteiger partial charge in [0.15, 0.2) is 0 Å². The monoisotopic (exact) mass is 382 g/mol. The molecular formula is C18H23ClN2OS2. The van der Waals surface area contributed by atoms with Crippen molar-refractivity contribution in [1.82, 2.24) is 9.62 Å². The lowest BCUT2D eigenvalue weighted by atomic mass is 10.1. The summed E-state index contributed by atoms with van der Waals surface area (Å²) in [5, 5.41) is 2.03. The topological polar surface area (TPSA) is 32.3 Å². The summed E-state index contributed by atoms with van der Waals surface area (Å²) < 4.78 is 6.08. The van der Waals surface area contributed by atoms with Gasteiger partial charge in [-0.1, -0.05) is 18.5 Å². The molecule has 1 atom stereocenters. The first kappa shape index (κ1) is 18.1. The van der Waals surface area contributed by atoms with E-state index in [-0.39, 0.29) is 0 Å². The Morgan fingerprint density at radius 3 is 3.12 bits per heavy atom. The fraction of sp³-hybridized carbons (Fsp3) is 0.500. The van der Waals surface area contributed by atoms with Gasteiger partial charge < -0.3 is 4.90 Å². The van der Waals surface area contributed by atoms with Gasteiger partial charge in [0.05, 0.1) is 4.21 Å². The molecule has 0 spiro atoms. The van der Waals surface area contributed by atoms with Crippen LogP contribution in [0.4, 0.5) is 0 Å². The summed E-state index contributed by atoms with van der Waals surface area (Å²) in [5.41, 5.74) is 1.29. The van der Waals surface area contributed by atoms with Gasteiger partial charge in [-0.05, 0) is 66.8 Å². The van der Waals surface area contributed by atoms with Crippen molar-refractivity contribution in [2.75, 3.05) is 19.6 Å². The van der Waals surface area contributed by atoms with Gasteiger partial charge in [-0.15, -0.1) is 11.3 Å². The predicted octanol–water partition coefficient (Wildman–Crippen LogP) is 5.11. The van der Waals surface area contributed by atoms with Crippen LogP contribution in [0.15, 0.2) is 22.4 Å². The van der Waals surface area contributed by atoms with Crippen molar-refractivity contribution in [3.05, 3.63) is 28.8 Å². The summed E-state index contributed by atoms with van der Waals surface area (Å²) in [4.78, 5) is 14.0. The number of carbonyl (C=O) groups excluding carboxylic acids is 1. The second-order valence-electron chi connectivity index (χ2n) is 6.35. The number of hydrogen-bond acceptors (Lipinski definition) is 4. The SMILES string of the molecule is CCCC(=O)N1CCC(CNSc2sc3ccc(Cl)cc3c2C)C1. The number of hydrogen-bond donors (Lipinski definition) is 1. The zero-order chi connectivity index (χ0) is 17.1. The zero-order valence-corrected chi connectivity index (χ0v) is 16.5. The van der Waals surface area contributed by atoms with E-state index in [2.05, 4.69) is 24.6 Å². The van der Waals surface area contributed by atoms with E-state index < -0.39 is 0 Å². The van der Waals surface area contributed by atoms with Gasteiger partial charge in [-0.2, -0.15) is 0 Å². The molecule has 1 aliphatic heterocycles. The highest BCUT2D eigenvalue weighted by atomic mass is 35.5. The predicted molar refractivity (Wildman–Crippen MR) is 105 cm³/mol. The maximum atomic E-state index is 11.9. The van der Waals surface area contributed by atoms with E-state index in [1.165, 1.54) is 19.9 Å². The van der Waals surface area contributed by atoms with Crippen LogP contribution in [-0.4, -0.2) is 30.4 Å². The summed E-state index contributed by atoms with van der Waals surface area (Å²) >= 11 is 9.61. The summed E-state index contributed by atoms with van der Waals surface area (Å²) in [5.74, 6) is 0.868. The zero-order valence-electron chi connectivity index (χ0n) is 14.1. The molecule has 0 saturated carbocycles. The largest absolute Gasteiger partial charge is 0.342 e. The minimum absolute atomic E-state index is 0.310. The van der Waals surface area contributed by atoms with Crippen molar-refractivity contribution >= 4 is 50.9 Å². The number of nitrogens with one attached hydrogen (secondary N) is 1. The molecule has 1 amide bonds. The highest BCUT2D eigenvalue weighted by molar-refractivity contribution is 7.99. The van der Waals surface area contributed by atoms with Gasteiger partial charge in [0.25, 0.3) is 0 Å². The lowest BCUT2D eigenvalue weighted by Gasteiger charge is -2.16. The summed E-state index contributed by atoms with van der Waals surface area (Å²) in [6.45, 7) is 6.96. The molecule has 1 N–H and O–H groups in total. The van der Waals surface area contributed by atoms with Crippen molar-refractivity contribution in [3.8, 4) is 0 Å². The molecule has 130 valence electrons. The highest BCUT2D eigenvalue weighted by Crippen LogP contribution is 2.37. The number of amides is 1. The number of carbonyl (C=O) groups is 1.